The van der Waals surface area contributed by atoms with Crippen LogP contribution in [0.25, 0.3) is 0 Å². The van der Waals surface area contributed by atoms with Gasteiger partial charge in [-0.15, -0.1) is 0 Å². The fraction of sp³-hybridized carbons (Fsp3) is 0.296. The molecule has 0 radical (unpaired) electrons. The topological polar surface area (TPSA) is 47.6 Å². The molecule has 0 fully saturated rings. The minimum atomic E-state index is -0.514. The Labute approximate surface area is 183 Å². The number of hydrogen-bond donors (Lipinski definition) is 1. The second-order valence-corrected chi connectivity index (χ2v) is 8.70. The summed E-state index contributed by atoms with van der Waals surface area (Å²) in [4.78, 5) is 13.7. The Morgan fingerprint density at radius 3 is 2.10 bits per heavy atom. The lowest BCUT2D eigenvalue weighted by atomic mass is 9.52. The van der Waals surface area contributed by atoms with Crippen LogP contribution in [0.1, 0.15) is 53.0 Å². The molecule has 6 rings (SSSR count). The van der Waals surface area contributed by atoms with E-state index in [0.717, 1.165) is 12.0 Å². The monoisotopic (exact) mass is 413 g/mol. The molecule has 158 valence electrons. The number of benzene rings is 3. The van der Waals surface area contributed by atoms with E-state index in [1.165, 1.54) is 22.3 Å². The van der Waals surface area contributed by atoms with Gasteiger partial charge in [0, 0.05) is 23.9 Å². The number of carbonyl (C=O) groups is 1. The number of carbonyl (C=O) groups excluding carboxylic acids is 1. The van der Waals surface area contributed by atoms with Crippen molar-refractivity contribution >= 4 is 5.91 Å². The summed E-state index contributed by atoms with van der Waals surface area (Å²) in [5, 5.41) is 3.21. The van der Waals surface area contributed by atoms with E-state index in [9.17, 15) is 4.79 Å². The molecule has 0 aromatic heterocycles. The van der Waals surface area contributed by atoms with Crippen LogP contribution in [0.5, 0.6) is 11.5 Å². The first-order valence-electron chi connectivity index (χ1n) is 10.7. The molecule has 0 heterocycles. The molecule has 3 aromatic carbocycles. The molecule has 4 heteroatoms. The van der Waals surface area contributed by atoms with Crippen molar-refractivity contribution in [3.05, 3.63) is 94.5 Å². The van der Waals surface area contributed by atoms with E-state index < -0.39 is 5.41 Å². The molecule has 0 aliphatic heterocycles. The molecule has 0 saturated carbocycles. The maximum absolute atomic E-state index is 13.7. The quantitative estimate of drug-likeness (QED) is 0.640. The zero-order valence-electron chi connectivity index (χ0n) is 18.1. The molecule has 3 aliphatic carbocycles. The highest BCUT2D eigenvalue weighted by molar-refractivity contribution is 5.86. The fourth-order valence-electron chi connectivity index (χ4n) is 5.66. The average Bonchev–Trinajstić information content (AvgIpc) is 2.82. The van der Waals surface area contributed by atoms with Gasteiger partial charge in [-0.05, 0) is 41.7 Å². The highest BCUT2D eigenvalue weighted by Gasteiger charge is 2.53. The summed E-state index contributed by atoms with van der Waals surface area (Å²) in [6, 6.07) is 23.0. The lowest BCUT2D eigenvalue weighted by molar-refractivity contribution is -0.132. The van der Waals surface area contributed by atoms with Crippen molar-refractivity contribution in [2.75, 3.05) is 14.2 Å². The van der Waals surface area contributed by atoms with Crippen LogP contribution in [-0.4, -0.2) is 20.1 Å². The Kier molecular flexibility index (Phi) is 4.73. The molecule has 0 saturated heterocycles. The number of methoxy groups -OCH3 is 2. The second-order valence-electron chi connectivity index (χ2n) is 8.70. The van der Waals surface area contributed by atoms with Gasteiger partial charge >= 0.3 is 0 Å². The first-order chi connectivity index (χ1) is 15.1. The number of ether oxygens (including phenoxy) is 2. The van der Waals surface area contributed by atoms with Gasteiger partial charge in [0.15, 0.2) is 11.5 Å². The van der Waals surface area contributed by atoms with Crippen LogP contribution in [0.2, 0.25) is 0 Å². The van der Waals surface area contributed by atoms with Crippen molar-refractivity contribution in [2.24, 2.45) is 5.41 Å². The van der Waals surface area contributed by atoms with Gasteiger partial charge in [-0.3, -0.25) is 4.79 Å². The molecule has 1 atom stereocenters. The van der Waals surface area contributed by atoms with E-state index in [2.05, 4.69) is 60.8 Å². The first-order valence-corrected chi connectivity index (χ1v) is 10.7. The van der Waals surface area contributed by atoms with Crippen LogP contribution in [0.3, 0.4) is 0 Å². The minimum Gasteiger partial charge on any atom is -0.493 e. The largest absolute Gasteiger partial charge is 0.493 e. The fourth-order valence-corrected chi connectivity index (χ4v) is 5.66. The Hall–Kier alpha value is -3.27. The third-order valence-electron chi connectivity index (χ3n) is 7.07. The van der Waals surface area contributed by atoms with E-state index in [1.54, 1.807) is 14.2 Å². The maximum Gasteiger partial charge on any atom is 0.227 e. The number of fused-ring (bicyclic) bond motifs is 1. The molecular weight excluding hydrogens is 386 g/mol. The van der Waals surface area contributed by atoms with Crippen LogP contribution in [-0.2, 0) is 11.3 Å². The van der Waals surface area contributed by atoms with Crippen molar-refractivity contribution in [2.45, 2.75) is 31.7 Å². The number of rotatable bonds is 5. The molecule has 1 N–H and O–H groups in total. The van der Waals surface area contributed by atoms with Gasteiger partial charge in [-0.1, -0.05) is 60.7 Å². The standard InChI is InChI=1S/C27H27NO3/c1-27(26(29)28-16-17-9-8-14-23(30-2)25(17)31-3)15-22-18-10-4-6-12-20(18)24(27)21-13-7-5-11-19(21)22/h4-14,22,24H,15-16H2,1-3H3,(H,28,29). The van der Waals surface area contributed by atoms with Gasteiger partial charge in [0.2, 0.25) is 5.91 Å². The van der Waals surface area contributed by atoms with Crippen LogP contribution >= 0.6 is 0 Å². The number of hydrogen-bond acceptors (Lipinski definition) is 3. The van der Waals surface area contributed by atoms with Crippen LogP contribution in [0, 0.1) is 5.41 Å². The first kappa shape index (κ1) is 19.7. The summed E-state index contributed by atoms with van der Waals surface area (Å²) in [5.74, 6) is 1.71. The van der Waals surface area contributed by atoms with Crippen molar-refractivity contribution in [1.29, 1.82) is 0 Å². The molecule has 1 amide bonds. The summed E-state index contributed by atoms with van der Waals surface area (Å²) in [7, 11) is 3.24. The molecule has 0 spiro atoms. The zero-order chi connectivity index (χ0) is 21.6. The molecular formula is C27H27NO3. The van der Waals surface area contributed by atoms with Gasteiger partial charge in [-0.2, -0.15) is 0 Å². The lowest BCUT2D eigenvalue weighted by Crippen LogP contribution is -2.49. The van der Waals surface area contributed by atoms with Gasteiger partial charge < -0.3 is 14.8 Å². The van der Waals surface area contributed by atoms with Gasteiger partial charge in [0.1, 0.15) is 0 Å². The lowest BCUT2D eigenvalue weighted by Gasteiger charge is -2.50. The van der Waals surface area contributed by atoms with E-state index in [0.29, 0.717) is 18.0 Å². The van der Waals surface area contributed by atoms with Gasteiger partial charge in [-0.25, -0.2) is 0 Å². The third kappa shape index (κ3) is 2.93. The smallest absolute Gasteiger partial charge is 0.227 e. The third-order valence-corrected chi connectivity index (χ3v) is 7.07. The van der Waals surface area contributed by atoms with Crippen molar-refractivity contribution in [3.63, 3.8) is 0 Å². The predicted octanol–water partition coefficient (Wildman–Crippen LogP) is 5.01. The molecule has 1 unspecified atom stereocenters. The van der Waals surface area contributed by atoms with E-state index in [1.807, 2.05) is 18.2 Å². The summed E-state index contributed by atoms with van der Waals surface area (Å²) < 4.78 is 10.9. The van der Waals surface area contributed by atoms with Crippen molar-refractivity contribution < 1.29 is 14.3 Å². The normalized spacial score (nSPS) is 22.9. The summed E-state index contributed by atoms with van der Waals surface area (Å²) in [6.07, 6.45) is 0.812. The van der Waals surface area contributed by atoms with Crippen molar-refractivity contribution in [1.82, 2.24) is 5.32 Å². The average molecular weight is 414 g/mol. The number of para-hydroxylation sites is 1. The number of amides is 1. The Morgan fingerprint density at radius 1 is 0.903 bits per heavy atom. The highest BCUT2D eigenvalue weighted by Crippen LogP contribution is 2.60. The second kappa shape index (κ2) is 7.45. The van der Waals surface area contributed by atoms with Crippen molar-refractivity contribution in [3.8, 4) is 11.5 Å². The van der Waals surface area contributed by atoms with E-state index in [4.69, 9.17) is 9.47 Å². The van der Waals surface area contributed by atoms with Gasteiger partial charge in [0.05, 0.1) is 19.6 Å². The Balaban J connectivity index is 1.48. The molecule has 4 nitrogen and oxygen atoms in total. The predicted molar refractivity (Wildman–Crippen MR) is 121 cm³/mol. The van der Waals surface area contributed by atoms with E-state index in [-0.39, 0.29) is 17.7 Å². The van der Waals surface area contributed by atoms with Crippen LogP contribution in [0.15, 0.2) is 66.7 Å². The Bertz CT molecular complexity index is 1110. The molecule has 31 heavy (non-hydrogen) atoms. The summed E-state index contributed by atoms with van der Waals surface area (Å²) in [6.45, 7) is 2.52. The number of nitrogens with one attached hydrogen (secondary N) is 1. The van der Waals surface area contributed by atoms with Gasteiger partial charge in [0.25, 0.3) is 0 Å². The Morgan fingerprint density at radius 2 is 1.52 bits per heavy atom. The SMILES string of the molecule is COc1cccc(CNC(=O)C2(C)CC3c4ccccc4C2c2ccccc23)c1OC. The molecule has 2 bridgehead atoms. The molecule has 3 aliphatic rings. The highest BCUT2D eigenvalue weighted by atomic mass is 16.5. The summed E-state index contributed by atoms with van der Waals surface area (Å²) >= 11 is 0. The molecule has 3 aromatic rings. The van der Waals surface area contributed by atoms with E-state index >= 15 is 0 Å². The maximum atomic E-state index is 13.7. The zero-order valence-corrected chi connectivity index (χ0v) is 18.1. The minimum absolute atomic E-state index is 0.0529. The summed E-state index contributed by atoms with van der Waals surface area (Å²) in [5.41, 5.74) is 5.69. The van der Waals surface area contributed by atoms with Crippen LogP contribution in [0.4, 0.5) is 0 Å². The van der Waals surface area contributed by atoms with Crippen LogP contribution < -0.4 is 14.8 Å².